The van der Waals surface area contributed by atoms with E-state index in [0.717, 1.165) is 22.3 Å². The quantitative estimate of drug-likeness (QED) is 0.748. The molecule has 1 atom stereocenters. The van der Waals surface area contributed by atoms with Gasteiger partial charge in [0.15, 0.2) is 0 Å². The number of aryl methyl sites for hydroxylation is 2. The normalized spacial score (nSPS) is 12.3. The van der Waals surface area contributed by atoms with Gasteiger partial charge in [0, 0.05) is 12.1 Å². The van der Waals surface area contributed by atoms with Gasteiger partial charge < -0.3 is 10.2 Å². The van der Waals surface area contributed by atoms with E-state index in [-0.39, 0.29) is 23.8 Å². The van der Waals surface area contributed by atoms with Crippen molar-refractivity contribution in [2.75, 3.05) is 0 Å². The molecule has 2 aromatic rings. The summed E-state index contributed by atoms with van der Waals surface area (Å²) >= 11 is 0. The molecule has 2 aromatic carbocycles. The number of hydrogen-bond acceptors (Lipinski definition) is 2. The van der Waals surface area contributed by atoms with Gasteiger partial charge >= 0.3 is 0 Å². The zero-order valence-corrected chi connectivity index (χ0v) is 18.6. The first kappa shape index (κ1) is 22.7. The lowest BCUT2D eigenvalue weighted by Gasteiger charge is -2.33. The molecule has 156 valence electrons. The molecule has 0 saturated heterocycles. The van der Waals surface area contributed by atoms with Crippen molar-refractivity contribution in [1.29, 1.82) is 0 Å². The Morgan fingerprint density at radius 1 is 0.931 bits per heavy atom. The molecule has 0 aliphatic rings. The lowest BCUT2D eigenvalue weighted by atomic mass is 10.0. The molecule has 29 heavy (non-hydrogen) atoms. The Balaban J connectivity index is 2.35. The molecule has 0 aliphatic carbocycles. The summed E-state index contributed by atoms with van der Waals surface area (Å²) in [5, 5.41) is 3.05. The topological polar surface area (TPSA) is 49.4 Å². The molecule has 0 fully saturated rings. The molecule has 0 radical (unpaired) electrons. The van der Waals surface area contributed by atoms with E-state index in [1.54, 1.807) is 4.90 Å². The average Bonchev–Trinajstić information content (AvgIpc) is 2.63. The third-order valence-corrected chi connectivity index (χ3v) is 5.09. The molecule has 2 rings (SSSR count). The van der Waals surface area contributed by atoms with Crippen LogP contribution in [0.25, 0.3) is 0 Å². The Bertz CT molecular complexity index is 852. The number of nitrogens with one attached hydrogen (secondary N) is 1. The third-order valence-electron chi connectivity index (χ3n) is 5.09. The number of carbonyl (C=O) groups is 2. The first-order valence-electron chi connectivity index (χ1n) is 10.3. The Morgan fingerprint density at radius 2 is 1.45 bits per heavy atom. The second-order valence-electron chi connectivity index (χ2n) is 8.71. The van der Waals surface area contributed by atoms with Crippen molar-refractivity contribution in [2.45, 2.75) is 72.5 Å². The first-order chi connectivity index (χ1) is 13.6. The van der Waals surface area contributed by atoms with Gasteiger partial charge in [-0.15, -0.1) is 0 Å². The number of nitrogens with zero attached hydrogens (tertiary/aromatic N) is 1. The maximum absolute atomic E-state index is 13.4. The van der Waals surface area contributed by atoms with Crippen LogP contribution in [0.15, 0.2) is 48.5 Å². The number of carbonyl (C=O) groups excluding carboxylic acids is 2. The zero-order valence-electron chi connectivity index (χ0n) is 18.6. The van der Waals surface area contributed by atoms with Crippen LogP contribution in [0.1, 0.15) is 56.4 Å². The van der Waals surface area contributed by atoms with Gasteiger partial charge in [-0.25, -0.2) is 0 Å². The standard InChI is InChI=1S/C25H34N2O2/c1-7-22(24(29)26-25(4,5)6)27(17-21-15-11-9-13-19(21)3)23(28)16-20-14-10-8-12-18(20)2/h8-15,22H,7,16-17H2,1-6H3,(H,26,29)/t22-/m0/s1. The van der Waals surface area contributed by atoms with Gasteiger partial charge in [-0.3, -0.25) is 9.59 Å². The van der Waals surface area contributed by atoms with E-state index in [1.165, 1.54) is 0 Å². The highest BCUT2D eigenvalue weighted by Crippen LogP contribution is 2.18. The largest absolute Gasteiger partial charge is 0.350 e. The third kappa shape index (κ3) is 6.45. The molecule has 0 heterocycles. The second-order valence-corrected chi connectivity index (χ2v) is 8.71. The van der Waals surface area contributed by atoms with E-state index < -0.39 is 6.04 Å². The van der Waals surface area contributed by atoms with Gasteiger partial charge in [-0.1, -0.05) is 55.5 Å². The Kier molecular flexibility index (Phi) is 7.60. The van der Waals surface area contributed by atoms with Crippen LogP contribution in [0.4, 0.5) is 0 Å². The van der Waals surface area contributed by atoms with Crippen LogP contribution in [-0.4, -0.2) is 28.3 Å². The summed E-state index contributed by atoms with van der Waals surface area (Å²) in [6.45, 7) is 12.3. The van der Waals surface area contributed by atoms with E-state index in [4.69, 9.17) is 0 Å². The Hall–Kier alpha value is -2.62. The van der Waals surface area contributed by atoms with Crippen LogP contribution in [0.5, 0.6) is 0 Å². The number of hydrogen-bond donors (Lipinski definition) is 1. The van der Waals surface area contributed by atoms with E-state index in [0.29, 0.717) is 13.0 Å². The van der Waals surface area contributed by atoms with Crippen LogP contribution >= 0.6 is 0 Å². The second kappa shape index (κ2) is 9.73. The maximum atomic E-state index is 13.4. The summed E-state index contributed by atoms with van der Waals surface area (Å²) < 4.78 is 0. The smallest absolute Gasteiger partial charge is 0.243 e. The van der Waals surface area contributed by atoms with Gasteiger partial charge in [-0.2, -0.15) is 0 Å². The molecule has 0 unspecified atom stereocenters. The van der Waals surface area contributed by atoms with Crippen LogP contribution in [0.2, 0.25) is 0 Å². The highest BCUT2D eigenvalue weighted by Gasteiger charge is 2.31. The molecule has 0 bridgehead atoms. The average molecular weight is 395 g/mol. The fraction of sp³-hybridized carbons (Fsp3) is 0.440. The van der Waals surface area contributed by atoms with Crippen molar-refractivity contribution in [2.24, 2.45) is 0 Å². The number of amides is 2. The lowest BCUT2D eigenvalue weighted by Crippen LogP contribution is -2.53. The molecule has 0 saturated carbocycles. The minimum absolute atomic E-state index is 0.0292. The van der Waals surface area contributed by atoms with Crippen molar-refractivity contribution in [3.8, 4) is 0 Å². The van der Waals surface area contributed by atoms with E-state index in [2.05, 4.69) is 5.32 Å². The van der Waals surface area contributed by atoms with Crippen LogP contribution < -0.4 is 5.32 Å². The summed E-state index contributed by atoms with van der Waals surface area (Å²) in [5.41, 5.74) is 3.92. The summed E-state index contributed by atoms with van der Waals surface area (Å²) in [5.74, 6) is -0.134. The Labute approximate surface area is 175 Å². The molecule has 0 aromatic heterocycles. The minimum atomic E-state index is -0.509. The molecule has 4 nitrogen and oxygen atoms in total. The van der Waals surface area contributed by atoms with Crippen LogP contribution in [-0.2, 0) is 22.6 Å². The van der Waals surface area contributed by atoms with Crippen molar-refractivity contribution in [1.82, 2.24) is 10.2 Å². The monoisotopic (exact) mass is 394 g/mol. The van der Waals surface area contributed by atoms with Gasteiger partial charge in [0.25, 0.3) is 0 Å². The summed E-state index contributed by atoms with van der Waals surface area (Å²) in [6.07, 6.45) is 0.852. The SMILES string of the molecule is CC[C@@H](C(=O)NC(C)(C)C)N(Cc1ccccc1C)C(=O)Cc1ccccc1C. The fourth-order valence-electron chi connectivity index (χ4n) is 3.42. The van der Waals surface area contributed by atoms with E-state index >= 15 is 0 Å². The van der Waals surface area contributed by atoms with Gasteiger partial charge in [0.1, 0.15) is 6.04 Å². The van der Waals surface area contributed by atoms with E-state index in [1.807, 2.05) is 90.1 Å². The number of rotatable bonds is 7. The van der Waals surface area contributed by atoms with Crippen LogP contribution in [0, 0.1) is 13.8 Å². The molecule has 2 amide bonds. The fourth-order valence-corrected chi connectivity index (χ4v) is 3.42. The highest BCUT2D eigenvalue weighted by atomic mass is 16.2. The zero-order chi connectivity index (χ0) is 21.6. The van der Waals surface area contributed by atoms with E-state index in [9.17, 15) is 9.59 Å². The highest BCUT2D eigenvalue weighted by molar-refractivity contribution is 5.89. The summed E-state index contributed by atoms with van der Waals surface area (Å²) in [6, 6.07) is 15.4. The van der Waals surface area contributed by atoms with Gasteiger partial charge in [-0.05, 0) is 63.3 Å². The minimum Gasteiger partial charge on any atom is -0.350 e. The predicted octanol–water partition coefficient (Wildman–Crippen LogP) is 4.57. The lowest BCUT2D eigenvalue weighted by molar-refractivity contribution is -0.141. The Morgan fingerprint density at radius 3 is 1.93 bits per heavy atom. The predicted molar refractivity (Wildman–Crippen MR) is 119 cm³/mol. The molecule has 1 N–H and O–H groups in total. The molecule has 4 heteroatoms. The van der Waals surface area contributed by atoms with Crippen LogP contribution in [0.3, 0.4) is 0 Å². The van der Waals surface area contributed by atoms with Crippen molar-refractivity contribution in [3.05, 3.63) is 70.8 Å². The molecular formula is C25H34N2O2. The summed E-state index contributed by atoms with van der Waals surface area (Å²) in [7, 11) is 0. The van der Waals surface area contributed by atoms with Crippen molar-refractivity contribution in [3.63, 3.8) is 0 Å². The van der Waals surface area contributed by atoms with Gasteiger partial charge in [0.2, 0.25) is 11.8 Å². The molecule has 0 aliphatic heterocycles. The van der Waals surface area contributed by atoms with Gasteiger partial charge in [0.05, 0.1) is 6.42 Å². The van der Waals surface area contributed by atoms with Crippen molar-refractivity contribution < 1.29 is 9.59 Å². The summed E-state index contributed by atoms with van der Waals surface area (Å²) in [4.78, 5) is 28.2. The molecule has 0 spiro atoms. The maximum Gasteiger partial charge on any atom is 0.243 e. The van der Waals surface area contributed by atoms with Crippen molar-refractivity contribution >= 4 is 11.8 Å². The molecular weight excluding hydrogens is 360 g/mol. The number of benzene rings is 2. The first-order valence-corrected chi connectivity index (χ1v) is 10.3.